The highest BCUT2D eigenvalue weighted by Gasteiger charge is 2.21. The molecule has 0 saturated heterocycles. The Labute approximate surface area is 92.9 Å². The maximum absolute atomic E-state index is 11.2. The Balaban J connectivity index is 2.97. The lowest BCUT2D eigenvalue weighted by Crippen LogP contribution is -2.57. The minimum absolute atomic E-state index is 0.392. The predicted octanol–water partition coefficient (Wildman–Crippen LogP) is 0.805. The summed E-state index contributed by atoms with van der Waals surface area (Å²) < 4.78 is 9.59. The summed E-state index contributed by atoms with van der Waals surface area (Å²) in [7, 11) is 2.86. The monoisotopic (exact) mass is 230 g/mol. The Morgan fingerprint density at radius 2 is 2.13 bits per heavy atom. The van der Waals surface area contributed by atoms with Crippen molar-refractivity contribution in [2.75, 3.05) is 14.2 Å². The van der Waals surface area contributed by atoms with Gasteiger partial charge in [0.15, 0.2) is 0 Å². The van der Waals surface area contributed by atoms with Crippen LogP contribution in [0.15, 0.2) is 18.2 Å². The number of quaternary nitrogens is 1. The SMILES string of the molecule is COC(=O)[C@H]([NH3+])c1ccc(OC)c(Cl)c1. The van der Waals surface area contributed by atoms with E-state index in [2.05, 4.69) is 10.5 Å². The topological polar surface area (TPSA) is 63.2 Å². The molecule has 4 nitrogen and oxygen atoms in total. The fraction of sp³-hybridized carbons (Fsp3) is 0.300. The molecule has 1 rings (SSSR count). The second-order valence-corrected chi connectivity index (χ2v) is 3.38. The molecule has 0 aliphatic rings. The third-order valence-electron chi connectivity index (χ3n) is 2.06. The first kappa shape index (κ1) is 11.8. The zero-order valence-electron chi connectivity index (χ0n) is 8.62. The number of halogens is 1. The van der Waals surface area contributed by atoms with E-state index in [0.717, 1.165) is 0 Å². The Bertz CT molecular complexity index is 368. The number of ether oxygens (including phenoxy) is 2. The highest BCUT2D eigenvalue weighted by Crippen LogP contribution is 2.26. The minimum Gasteiger partial charge on any atom is -0.495 e. The second-order valence-electron chi connectivity index (χ2n) is 2.97. The van der Waals surface area contributed by atoms with E-state index in [0.29, 0.717) is 16.3 Å². The van der Waals surface area contributed by atoms with Crippen LogP contribution in [0.3, 0.4) is 0 Å². The van der Waals surface area contributed by atoms with Gasteiger partial charge in [0.05, 0.1) is 19.2 Å². The molecule has 0 saturated carbocycles. The smallest absolute Gasteiger partial charge is 0.369 e. The summed E-state index contributed by atoms with van der Waals surface area (Å²) in [6.45, 7) is 0. The van der Waals surface area contributed by atoms with Crippen molar-refractivity contribution in [3.05, 3.63) is 28.8 Å². The first-order valence-electron chi connectivity index (χ1n) is 4.34. The van der Waals surface area contributed by atoms with Gasteiger partial charge in [-0.3, -0.25) is 0 Å². The fourth-order valence-corrected chi connectivity index (χ4v) is 1.44. The van der Waals surface area contributed by atoms with Gasteiger partial charge in [-0.2, -0.15) is 0 Å². The van der Waals surface area contributed by atoms with E-state index in [1.807, 2.05) is 0 Å². The van der Waals surface area contributed by atoms with Crippen LogP contribution in [0.25, 0.3) is 0 Å². The van der Waals surface area contributed by atoms with Crippen molar-refractivity contribution in [3.63, 3.8) is 0 Å². The van der Waals surface area contributed by atoms with Crippen molar-refractivity contribution in [1.82, 2.24) is 0 Å². The summed E-state index contributed by atoms with van der Waals surface area (Å²) in [5.41, 5.74) is 4.40. The van der Waals surface area contributed by atoms with E-state index in [9.17, 15) is 4.79 Å². The van der Waals surface area contributed by atoms with Crippen LogP contribution in [0.2, 0.25) is 5.02 Å². The first-order valence-corrected chi connectivity index (χ1v) is 4.72. The number of rotatable bonds is 3. The maximum Gasteiger partial charge on any atom is 0.369 e. The van der Waals surface area contributed by atoms with Gasteiger partial charge in [0.2, 0.25) is 6.04 Å². The van der Waals surface area contributed by atoms with Crippen LogP contribution in [0.5, 0.6) is 5.75 Å². The summed E-state index contributed by atoms with van der Waals surface area (Å²) in [6, 6.07) is 4.51. The normalized spacial score (nSPS) is 12.0. The van der Waals surface area contributed by atoms with Crippen molar-refractivity contribution in [3.8, 4) is 5.75 Å². The highest BCUT2D eigenvalue weighted by atomic mass is 35.5. The molecular weight excluding hydrogens is 218 g/mol. The lowest BCUT2D eigenvalue weighted by molar-refractivity contribution is -0.414. The zero-order chi connectivity index (χ0) is 11.4. The number of hydrogen-bond donors (Lipinski definition) is 1. The van der Waals surface area contributed by atoms with Crippen LogP contribution in [0.1, 0.15) is 11.6 Å². The molecule has 1 aromatic rings. The van der Waals surface area contributed by atoms with Gasteiger partial charge in [0.25, 0.3) is 0 Å². The molecule has 0 aliphatic carbocycles. The van der Waals surface area contributed by atoms with E-state index in [1.165, 1.54) is 14.2 Å². The Morgan fingerprint density at radius 3 is 2.60 bits per heavy atom. The van der Waals surface area contributed by atoms with Gasteiger partial charge >= 0.3 is 5.97 Å². The number of hydrogen-bond acceptors (Lipinski definition) is 3. The highest BCUT2D eigenvalue weighted by molar-refractivity contribution is 6.32. The standard InChI is InChI=1S/C10H12ClNO3/c1-14-8-4-3-6(5-7(8)11)9(12)10(13)15-2/h3-5,9H,12H2,1-2H3/p+1/t9-/m1/s1. The molecule has 0 aliphatic heterocycles. The predicted molar refractivity (Wildman–Crippen MR) is 55.6 cm³/mol. The van der Waals surface area contributed by atoms with Crippen LogP contribution in [0.4, 0.5) is 0 Å². The van der Waals surface area contributed by atoms with E-state index in [1.54, 1.807) is 18.2 Å². The van der Waals surface area contributed by atoms with E-state index < -0.39 is 12.0 Å². The van der Waals surface area contributed by atoms with E-state index in [-0.39, 0.29) is 0 Å². The molecule has 0 spiro atoms. The molecule has 0 amide bonds. The molecule has 0 aromatic heterocycles. The Hall–Kier alpha value is -1.26. The van der Waals surface area contributed by atoms with Gasteiger partial charge in [-0.1, -0.05) is 11.6 Å². The maximum atomic E-state index is 11.2. The minimum atomic E-state index is -0.571. The number of carbonyl (C=O) groups excluding carboxylic acids is 1. The summed E-state index contributed by atoms with van der Waals surface area (Å²) in [6.07, 6.45) is 0. The lowest BCUT2D eigenvalue weighted by atomic mass is 10.1. The average Bonchev–Trinajstić information content (AvgIpc) is 2.26. The molecular formula is C10H13ClNO3+. The van der Waals surface area contributed by atoms with Crippen LogP contribution >= 0.6 is 11.6 Å². The number of methoxy groups -OCH3 is 2. The number of carbonyl (C=O) groups is 1. The Kier molecular flexibility index (Phi) is 3.94. The molecule has 0 fully saturated rings. The number of benzene rings is 1. The van der Waals surface area contributed by atoms with Crippen LogP contribution in [-0.2, 0) is 9.53 Å². The largest absolute Gasteiger partial charge is 0.495 e. The molecule has 0 unspecified atom stereocenters. The van der Waals surface area contributed by atoms with Gasteiger partial charge < -0.3 is 15.2 Å². The van der Waals surface area contributed by atoms with Crippen LogP contribution in [0, 0.1) is 0 Å². The van der Waals surface area contributed by atoms with E-state index >= 15 is 0 Å². The third kappa shape index (κ3) is 2.61. The van der Waals surface area contributed by atoms with E-state index in [4.69, 9.17) is 16.3 Å². The molecule has 82 valence electrons. The quantitative estimate of drug-likeness (QED) is 0.782. The van der Waals surface area contributed by atoms with Gasteiger partial charge in [-0.05, 0) is 18.2 Å². The molecule has 1 aromatic carbocycles. The summed E-state index contributed by atoms with van der Waals surface area (Å²) in [5, 5.41) is 0.451. The van der Waals surface area contributed by atoms with Crippen LogP contribution in [-0.4, -0.2) is 20.2 Å². The van der Waals surface area contributed by atoms with Crippen molar-refractivity contribution in [2.24, 2.45) is 0 Å². The average molecular weight is 231 g/mol. The molecule has 0 heterocycles. The van der Waals surface area contributed by atoms with Crippen molar-refractivity contribution in [1.29, 1.82) is 0 Å². The van der Waals surface area contributed by atoms with Gasteiger partial charge in [-0.25, -0.2) is 4.79 Å². The van der Waals surface area contributed by atoms with Crippen molar-refractivity contribution in [2.45, 2.75) is 6.04 Å². The summed E-state index contributed by atoms with van der Waals surface area (Å²) in [5.74, 6) is 0.175. The van der Waals surface area contributed by atoms with Gasteiger partial charge in [-0.15, -0.1) is 0 Å². The molecule has 3 N–H and O–H groups in total. The van der Waals surface area contributed by atoms with Crippen molar-refractivity contribution < 1.29 is 20.0 Å². The molecule has 15 heavy (non-hydrogen) atoms. The molecule has 0 bridgehead atoms. The molecule has 5 heteroatoms. The van der Waals surface area contributed by atoms with Crippen LogP contribution < -0.4 is 10.5 Å². The zero-order valence-corrected chi connectivity index (χ0v) is 9.38. The number of esters is 1. The first-order chi connectivity index (χ1) is 7.10. The molecule has 1 atom stereocenters. The lowest BCUT2D eigenvalue weighted by Gasteiger charge is -2.08. The summed E-state index contributed by atoms with van der Waals surface area (Å²) >= 11 is 5.92. The Morgan fingerprint density at radius 1 is 1.47 bits per heavy atom. The second kappa shape index (κ2) is 5.00. The van der Waals surface area contributed by atoms with Gasteiger partial charge in [0, 0.05) is 5.56 Å². The summed E-state index contributed by atoms with van der Waals surface area (Å²) in [4.78, 5) is 11.2. The van der Waals surface area contributed by atoms with Crippen molar-refractivity contribution >= 4 is 17.6 Å². The third-order valence-corrected chi connectivity index (χ3v) is 2.36. The fourth-order valence-electron chi connectivity index (χ4n) is 1.18. The van der Waals surface area contributed by atoms with Gasteiger partial charge in [0.1, 0.15) is 5.75 Å². The molecule has 0 radical (unpaired) electrons.